The molecule has 0 aliphatic carbocycles. The first-order valence-corrected chi connectivity index (χ1v) is 17.4. The summed E-state index contributed by atoms with van der Waals surface area (Å²) in [6, 6.07) is 47.5. The Bertz CT molecular complexity index is 1890. The Morgan fingerprint density at radius 3 is 1.18 bits per heavy atom. The fourth-order valence-electron chi connectivity index (χ4n) is 6.63. The molecule has 7 rings (SSSR count). The molecule has 258 valence electrons. The number of hydrazine groups is 2. The lowest BCUT2D eigenvalue weighted by molar-refractivity contribution is 0.696. The van der Waals surface area contributed by atoms with Gasteiger partial charge in [0.25, 0.3) is 0 Å². The van der Waals surface area contributed by atoms with Crippen molar-refractivity contribution in [3.63, 3.8) is 0 Å². The van der Waals surface area contributed by atoms with Gasteiger partial charge >= 0.3 is 0 Å². The number of benzene rings is 5. The normalized spacial score (nSPS) is 16.5. The van der Waals surface area contributed by atoms with E-state index < -0.39 is 0 Å². The number of hydrogen-bond acceptors (Lipinski definition) is 7. The number of nitrogens with one attached hydrogen (secondary N) is 2. The zero-order chi connectivity index (χ0) is 35.5. The topological polar surface area (TPSA) is 40.3 Å². The fraction of sp³-hybridized carbons (Fsp3) is 0.182. The van der Waals surface area contributed by atoms with Gasteiger partial charge in [-0.1, -0.05) is 72.8 Å². The Labute approximate surface area is 303 Å². The summed E-state index contributed by atoms with van der Waals surface area (Å²) in [5, 5.41) is 4.54. The van der Waals surface area contributed by atoms with Crippen LogP contribution in [0.4, 0.5) is 28.4 Å². The van der Waals surface area contributed by atoms with Crippen LogP contribution in [0.25, 0.3) is 6.08 Å². The first-order chi connectivity index (χ1) is 24.7. The highest BCUT2D eigenvalue weighted by Crippen LogP contribution is 2.40. The molecule has 2 aliphatic heterocycles. The van der Waals surface area contributed by atoms with Crippen molar-refractivity contribution in [1.82, 2.24) is 10.9 Å². The van der Waals surface area contributed by atoms with Crippen LogP contribution in [0.15, 0.2) is 163 Å². The lowest BCUT2D eigenvalue weighted by Gasteiger charge is -2.29. The minimum absolute atomic E-state index is 0.0280. The van der Waals surface area contributed by atoms with E-state index in [4.69, 9.17) is 0 Å². The SMILES string of the molecule is CN(C)c1ccc(C=C(C2=CC(c3ccc(N(C)C)cc3)N(c3ccccc3)N2)C2=CC(c3ccc(N(C)C)cc3)N(c3ccccc3)N2)cc1. The Balaban J connectivity index is 1.35. The lowest BCUT2D eigenvalue weighted by atomic mass is 9.99. The summed E-state index contributed by atoms with van der Waals surface area (Å²) >= 11 is 0. The van der Waals surface area contributed by atoms with Crippen LogP contribution < -0.4 is 35.6 Å². The molecule has 2 heterocycles. The van der Waals surface area contributed by atoms with Crippen LogP contribution in [-0.2, 0) is 0 Å². The Morgan fingerprint density at radius 2 is 0.824 bits per heavy atom. The van der Waals surface area contributed by atoms with Crippen molar-refractivity contribution >= 4 is 34.5 Å². The Morgan fingerprint density at radius 1 is 0.471 bits per heavy atom. The van der Waals surface area contributed by atoms with E-state index >= 15 is 0 Å². The second-order valence-electron chi connectivity index (χ2n) is 13.7. The molecule has 51 heavy (non-hydrogen) atoms. The van der Waals surface area contributed by atoms with Crippen LogP contribution >= 0.6 is 0 Å². The first-order valence-electron chi connectivity index (χ1n) is 17.4. The van der Waals surface area contributed by atoms with E-state index in [9.17, 15) is 0 Å². The fourth-order valence-corrected chi connectivity index (χ4v) is 6.63. The quantitative estimate of drug-likeness (QED) is 0.154. The molecule has 7 nitrogen and oxygen atoms in total. The number of hydrogen-bond donors (Lipinski definition) is 2. The van der Waals surface area contributed by atoms with Crippen molar-refractivity contribution in [1.29, 1.82) is 0 Å². The van der Waals surface area contributed by atoms with Crippen molar-refractivity contribution in [2.75, 3.05) is 67.0 Å². The average Bonchev–Trinajstić information content (AvgIpc) is 3.81. The molecule has 0 bridgehead atoms. The summed E-state index contributed by atoms with van der Waals surface area (Å²) < 4.78 is 0. The highest BCUT2D eigenvalue weighted by Gasteiger charge is 2.33. The van der Waals surface area contributed by atoms with Crippen LogP contribution in [0.5, 0.6) is 0 Å². The monoisotopic (exact) mass is 673 g/mol. The first kappa shape index (κ1) is 33.4. The van der Waals surface area contributed by atoms with Gasteiger partial charge in [0.05, 0.1) is 34.9 Å². The number of anilines is 5. The summed E-state index contributed by atoms with van der Waals surface area (Å²) in [6.45, 7) is 0. The predicted octanol–water partition coefficient (Wildman–Crippen LogP) is 8.57. The van der Waals surface area contributed by atoms with Gasteiger partial charge in [-0.3, -0.25) is 20.9 Å². The molecule has 0 amide bonds. The summed E-state index contributed by atoms with van der Waals surface area (Å²) in [6.07, 6.45) is 7.00. The molecule has 0 radical (unpaired) electrons. The molecule has 0 saturated heterocycles. The van der Waals surface area contributed by atoms with E-state index in [1.807, 2.05) is 0 Å². The van der Waals surface area contributed by atoms with E-state index in [-0.39, 0.29) is 12.1 Å². The molecule has 0 aromatic heterocycles. The predicted molar refractivity (Wildman–Crippen MR) is 216 cm³/mol. The Kier molecular flexibility index (Phi) is 9.45. The molecule has 7 heteroatoms. The zero-order valence-corrected chi connectivity index (χ0v) is 30.3. The number of rotatable bonds is 10. The summed E-state index contributed by atoms with van der Waals surface area (Å²) in [4.78, 5) is 6.40. The van der Waals surface area contributed by atoms with Crippen LogP contribution in [0.3, 0.4) is 0 Å². The van der Waals surface area contributed by atoms with Gasteiger partial charge in [0, 0.05) is 64.9 Å². The molecule has 2 atom stereocenters. The van der Waals surface area contributed by atoms with Crippen LogP contribution in [0, 0.1) is 0 Å². The molecule has 0 saturated carbocycles. The van der Waals surface area contributed by atoms with E-state index in [0.29, 0.717) is 0 Å². The summed E-state index contributed by atoms with van der Waals surface area (Å²) in [7, 11) is 12.5. The maximum Gasteiger partial charge on any atom is 0.0958 e. The summed E-state index contributed by atoms with van der Waals surface area (Å²) in [5.41, 5.74) is 20.1. The lowest BCUT2D eigenvalue weighted by Crippen LogP contribution is -2.37. The molecular weight excluding hydrogens is 627 g/mol. The van der Waals surface area contributed by atoms with Crippen LogP contribution in [0.2, 0.25) is 0 Å². The van der Waals surface area contributed by atoms with Crippen molar-refractivity contribution in [2.45, 2.75) is 12.1 Å². The highest BCUT2D eigenvalue weighted by atomic mass is 15.6. The minimum Gasteiger partial charge on any atom is -0.378 e. The molecule has 0 fully saturated rings. The molecule has 5 aromatic carbocycles. The van der Waals surface area contributed by atoms with Crippen LogP contribution in [0.1, 0.15) is 28.8 Å². The second kappa shape index (κ2) is 14.4. The van der Waals surface area contributed by atoms with E-state index in [1.165, 1.54) is 22.5 Å². The minimum atomic E-state index is -0.0280. The third-order valence-electron chi connectivity index (χ3n) is 9.56. The number of para-hydroxylation sites is 2. The molecule has 5 aromatic rings. The summed E-state index contributed by atoms with van der Waals surface area (Å²) in [5.74, 6) is 0. The molecule has 2 aliphatic rings. The van der Waals surface area contributed by atoms with Crippen molar-refractivity contribution in [3.8, 4) is 0 Å². The van der Waals surface area contributed by atoms with Gasteiger partial charge in [0.1, 0.15) is 0 Å². The molecular formula is C44H47N7. The molecule has 0 spiro atoms. The standard InChI is InChI=1S/C44H47N7/c1-47(2)35-23-17-32(18-24-35)29-40(41-30-43(33-19-25-36(26-20-33)48(3)4)50(45-41)38-13-9-7-10-14-38)42-31-44(34-21-27-37(28-22-34)49(5)6)51(46-42)39-15-11-8-12-16-39/h7-31,43-46H,1-6H3. The van der Waals surface area contributed by atoms with Crippen molar-refractivity contribution in [3.05, 3.63) is 179 Å². The van der Waals surface area contributed by atoms with Gasteiger partial charge in [-0.25, -0.2) is 0 Å². The van der Waals surface area contributed by atoms with Gasteiger partial charge in [-0.15, -0.1) is 0 Å². The smallest absolute Gasteiger partial charge is 0.0958 e. The zero-order valence-electron chi connectivity index (χ0n) is 30.3. The third kappa shape index (κ3) is 7.15. The van der Waals surface area contributed by atoms with E-state index in [0.717, 1.165) is 39.6 Å². The molecule has 2 N–H and O–H groups in total. The van der Waals surface area contributed by atoms with Gasteiger partial charge in [0.2, 0.25) is 0 Å². The second-order valence-corrected chi connectivity index (χ2v) is 13.7. The van der Waals surface area contributed by atoms with Crippen LogP contribution in [-0.4, -0.2) is 42.3 Å². The maximum atomic E-state index is 3.85. The van der Waals surface area contributed by atoms with Gasteiger partial charge in [-0.05, 0) is 95.6 Å². The van der Waals surface area contributed by atoms with Crippen molar-refractivity contribution in [2.24, 2.45) is 0 Å². The van der Waals surface area contributed by atoms with Gasteiger partial charge in [0.15, 0.2) is 0 Å². The van der Waals surface area contributed by atoms with Crippen molar-refractivity contribution < 1.29 is 0 Å². The van der Waals surface area contributed by atoms with E-state index in [2.05, 4.69) is 230 Å². The highest BCUT2D eigenvalue weighted by molar-refractivity contribution is 5.71. The largest absolute Gasteiger partial charge is 0.378 e. The average molecular weight is 674 g/mol. The third-order valence-corrected chi connectivity index (χ3v) is 9.56. The number of nitrogens with zero attached hydrogens (tertiary/aromatic N) is 5. The Hall–Kier alpha value is -6.08. The van der Waals surface area contributed by atoms with E-state index in [1.54, 1.807) is 0 Å². The maximum absolute atomic E-state index is 3.85. The van der Waals surface area contributed by atoms with Gasteiger partial charge in [-0.2, -0.15) is 0 Å². The van der Waals surface area contributed by atoms with Gasteiger partial charge < -0.3 is 14.7 Å². The molecule has 2 unspecified atom stereocenters.